The average molecular weight is 589 g/mol. The molecule has 0 radical (unpaired) electrons. The molecule has 4 aromatic carbocycles. The first kappa shape index (κ1) is 31.3. The predicted molar refractivity (Wildman–Crippen MR) is 150 cm³/mol. The van der Waals surface area contributed by atoms with E-state index in [2.05, 4.69) is 29.8 Å². The number of rotatable bonds is 6. The fourth-order valence-corrected chi connectivity index (χ4v) is 3.98. The number of aryl methyl sites for hydroxylation is 2. The maximum absolute atomic E-state index is 13.1. The Morgan fingerprint density at radius 1 is 0.579 bits per heavy atom. The fraction of sp³-hybridized carbons (Fsp3) is 0.200. The molecule has 2 nitrogen and oxygen atoms in total. The molecule has 4 rings (SSSR count). The second kappa shape index (κ2) is 16.1. The molecule has 0 bridgehead atoms. The molecule has 0 aromatic heterocycles. The molecule has 0 heterocycles. The third kappa shape index (κ3) is 11.2. The Morgan fingerprint density at radius 2 is 0.974 bits per heavy atom. The van der Waals surface area contributed by atoms with Gasteiger partial charge in [0.25, 0.3) is 0 Å². The van der Waals surface area contributed by atoms with Gasteiger partial charge in [-0.1, -0.05) is 91.1 Å². The molecule has 0 saturated heterocycles. The van der Waals surface area contributed by atoms with Crippen molar-refractivity contribution in [3.8, 4) is 11.1 Å². The molecule has 0 amide bonds. The molecule has 0 saturated carbocycles. The van der Waals surface area contributed by atoms with Crippen LogP contribution in [-0.2, 0) is 12.8 Å². The Kier molecular flexibility index (Phi) is 13.3. The van der Waals surface area contributed by atoms with Crippen LogP contribution in [0.25, 0.3) is 11.1 Å². The van der Waals surface area contributed by atoms with Crippen LogP contribution in [0.2, 0.25) is 0 Å². The van der Waals surface area contributed by atoms with E-state index < -0.39 is 30.4 Å². The summed E-state index contributed by atoms with van der Waals surface area (Å²) in [6, 6.07) is 21.9. The van der Waals surface area contributed by atoms with E-state index in [9.17, 15) is 17.6 Å². The summed E-state index contributed by atoms with van der Waals surface area (Å²) in [5, 5.41) is 17.6. The van der Waals surface area contributed by atoms with Crippen molar-refractivity contribution in [3.05, 3.63) is 124 Å². The number of benzene rings is 4. The number of halogens is 5. The molecule has 0 fully saturated rings. The molecule has 38 heavy (non-hydrogen) atoms. The minimum absolute atomic E-state index is 0.417. The second-order valence-electron chi connectivity index (χ2n) is 8.56. The molecular weight excluding hydrogens is 559 g/mol. The van der Waals surface area contributed by atoms with Crippen LogP contribution in [0.4, 0.5) is 17.6 Å². The van der Waals surface area contributed by atoms with Gasteiger partial charge in [-0.2, -0.15) is 0 Å². The van der Waals surface area contributed by atoms with E-state index in [0.717, 1.165) is 43.4 Å². The molecular formula is C30H30BBrF4O2. The first-order valence-corrected chi connectivity index (χ1v) is 13.0. The summed E-state index contributed by atoms with van der Waals surface area (Å²) in [6.45, 7) is 4.24. The summed E-state index contributed by atoms with van der Waals surface area (Å²) in [4.78, 5) is 0. The van der Waals surface area contributed by atoms with Crippen LogP contribution < -0.4 is 5.46 Å². The maximum Gasteiger partial charge on any atom is 0.488 e. The Balaban J connectivity index is 0.000000212. The third-order valence-corrected chi connectivity index (χ3v) is 5.79. The maximum atomic E-state index is 13.1. The average Bonchev–Trinajstić information content (AvgIpc) is 2.85. The highest BCUT2D eigenvalue weighted by Gasteiger charge is 2.09. The van der Waals surface area contributed by atoms with Gasteiger partial charge in [0.2, 0.25) is 0 Å². The molecule has 0 atom stereocenters. The molecule has 0 spiro atoms. The summed E-state index contributed by atoms with van der Waals surface area (Å²) < 4.78 is 50.9. The SMILES string of the molecule is CCCc1ccc(-c2cc(F)cc(F)c2)cc1.CCCc1ccc(B(O)O)cc1.Fc1cc(F)cc(Br)c1. The van der Waals surface area contributed by atoms with Crippen LogP contribution in [0, 0.1) is 23.3 Å². The zero-order valence-electron chi connectivity index (χ0n) is 21.3. The summed E-state index contributed by atoms with van der Waals surface area (Å²) in [6.07, 6.45) is 4.27. The molecule has 0 aliphatic rings. The molecule has 200 valence electrons. The van der Waals surface area contributed by atoms with E-state index >= 15 is 0 Å². The third-order valence-electron chi connectivity index (χ3n) is 5.33. The van der Waals surface area contributed by atoms with Crippen molar-refractivity contribution in [2.24, 2.45) is 0 Å². The van der Waals surface area contributed by atoms with Gasteiger partial charge in [0.15, 0.2) is 0 Å². The van der Waals surface area contributed by atoms with Crippen molar-refractivity contribution >= 4 is 28.5 Å². The van der Waals surface area contributed by atoms with Gasteiger partial charge in [-0.25, -0.2) is 17.6 Å². The van der Waals surface area contributed by atoms with Gasteiger partial charge < -0.3 is 10.0 Å². The van der Waals surface area contributed by atoms with Crippen molar-refractivity contribution in [2.45, 2.75) is 39.5 Å². The van der Waals surface area contributed by atoms with Gasteiger partial charge in [0, 0.05) is 16.6 Å². The van der Waals surface area contributed by atoms with E-state index in [-0.39, 0.29) is 0 Å². The lowest BCUT2D eigenvalue weighted by atomic mass is 9.80. The summed E-state index contributed by atoms with van der Waals surface area (Å²) >= 11 is 2.93. The Hall–Kier alpha value is -2.94. The number of hydrogen-bond acceptors (Lipinski definition) is 2. The highest BCUT2D eigenvalue weighted by molar-refractivity contribution is 9.10. The molecule has 8 heteroatoms. The van der Waals surface area contributed by atoms with Crippen LogP contribution in [0.1, 0.15) is 37.8 Å². The van der Waals surface area contributed by atoms with Crippen molar-refractivity contribution < 1.29 is 27.6 Å². The zero-order chi connectivity index (χ0) is 28.1. The molecule has 2 N–H and O–H groups in total. The Labute approximate surface area is 230 Å². The predicted octanol–water partition coefficient (Wildman–Crippen LogP) is 7.63. The van der Waals surface area contributed by atoms with Crippen LogP contribution >= 0.6 is 15.9 Å². The smallest absolute Gasteiger partial charge is 0.423 e. The van der Waals surface area contributed by atoms with E-state index in [1.54, 1.807) is 12.1 Å². The zero-order valence-corrected chi connectivity index (χ0v) is 22.9. The van der Waals surface area contributed by atoms with Gasteiger partial charge in [0.05, 0.1) is 0 Å². The molecule has 0 aliphatic carbocycles. The van der Waals surface area contributed by atoms with E-state index in [4.69, 9.17) is 10.0 Å². The molecule has 0 aliphatic heterocycles. The first-order valence-electron chi connectivity index (χ1n) is 12.2. The molecule has 4 aromatic rings. The van der Waals surface area contributed by atoms with Gasteiger partial charge >= 0.3 is 7.12 Å². The Morgan fingerprint density at radius 3 is 1.34 bits per heavy atom. The lowest BCUT2D eigenvalue weighted by molar-refractivity contribution is 0.426. The van der Waals surface area contributed by atoms with Crippen LogP contribution in [0.3, 0.4) is 0 Å². The monoisotopic (exact) mass is 588 g/mol. The van der Waals surface area contributed by atoms with Crippen LogP contribution in [0.15, 0.2) is 89.4 Å². The van der Waals surface area contributed by atoms with Gasteiger partial charge in [-0.3, -0.25) is 0 Å². The minimum Gasteiger partial charge on any atom is -0.423 e. The minimum atomic E-state index is -1.35. The van der Waals surface area contributed by atoms with Gasteiger partial charge in [-0.15, -0.1) is 0 Å². The lowest BCUT2D eigenvalue weighted by Crippen LogP contribution is -2.29. The van der Waals surface area contributed by atoms with Crippen molar-refractivity contribution in [2.75, 3.05) is 0 Å². The highest BCUT2D eigenvalue weighted by atomic mass is 79.9. The molecule has 0 unspecified atom stereocenters. The fourth-order valence-electron chi connectivity index (χ4n) is 3.54. The van der Waals surface area contributed by atoms with Gasteiger partial charge in [-0.05, 0) is 64.8 Å². The number of hydrogen-bond donors (Lipinski definition) is 2. The summed E-state index contributed by atoms with van der Waals surface area (Å²) in [5.41, 5.74) is 4.44. The lowest BCUT2D eigenvalue weighted by Gasteiger charge is -2.04. The first-order chi connectivity index (χ1) is 18.1. The normalized spacial score (nSPS) is 10.1. The van der Waals surface area contributed by atoms with Gasteiger partial charge in [0.1, 0.15) is 23.3 Å². The van der Waals surface area contributed by atoms with Crippen molar-refractivity contribution in [1.82, 2.24) is 0 Å². The van der Waals surface area contributed by atoms with Crippen molar-refractivity contribution in [1.29, 1.82) is 0 Å². The van der Waals surface area contributed by atoms with E-state index in [1.165, 1.54) is 35.4 Å². The quantitative estimate of drug-likeness (QED) is 0.180. The van der Waals surface area contributed by atoms with Crippen LogP contribution in [-0.4, -0.2) is 17.2 Å². The van der Waals surface area contributed by atoms with E-state index in [0.29, 0.717) is 15.5 Å². The van der Waals surface area contributed by atoms with Crippen molar-refractivity contribution in [3.63, 3.8) is 0 Å². The topological polar surface area (TPSA) is 40.5 Å². The largest absolute Gasteiger partial charge is 0.488 e. The van der Waals surface area contributed by atoms with E-state index in [1.807, 2.05) is 36.4 Å². The summed E-state index contributed by atoms with van der Waals surface area (Å²) in [5.74, 6) is -2.22. The standard InChI is InChI=1S/C15H14F2.C9H13BO2.C6H3BrF2/c1-2-3-11-4-6-12(7-5-11)13-8-14(16)10-15(17)9-13;1-2-3-8-4-6-9(7-5-8)10(11)12;7-4-1-5(8)3-6(9)2-4/h4-10H,2-3H2,1H3;4-7,11-12H,2-3H2,1H3;1-3H. The second-order valence-corrected chi connectivity index (χ2v) is 9.47. The summed E-state index contributed by atoms with van der Waals surface area (Å²) in [7, 11) is -1.35. The van der Waals surface area contributed by atoms with Crippen LogP contribution in [0.5, 0.6) is 0 Å². The highest BCUT2D eigenvalue weighted by Crippen LogP contribution is 2.22. The Bertz CT molecular complexity index is 1200.